The summed E-state index contributed by atoms with van der Waals surface area (Å²) in [5, 5.41) is 10.0. The molecule has 0 spiro atoms. The SMILES string of the molecule is CCCc1nc(-c2ccc(O)cc2)cnc1N(C)C(=O)Cc1c(C)c(F)c(F)c(P)c1P. The van der Waals surface area contributed by atoms with Crippen molar-refractivity contribution in [1.29, 1.82) is 0 Å². The summed E-state index contributed by atoms with van der Waals surface area (Å²) in [5.41, 5.74) is 2.64. The zero-order chi connectivity index (χ0) is 23.6. The molecule has 0 saturated carbocycles. The molecule has 0 aliphatic carbocycles. The predicted octanol–water partition coefficient (Wildman–Crippen LogP) is 3.59. The first-order valence-electron chi connectivity index (χ1n) is 10.1. The molecule has 1 N–H and O–H groups in total. The fourth-order valence-electron chi connectivity index (χ4n) is 3.39. The molecule has 1 amide bonds. The summed E-state index contributed by atoms with van der Waals surface area (Å²) in [7, 11) is 6.18. The third kappa shape index (κ3) is 4.79. The van der Waals surface area contributed by atoms with Crippen LogP contribution in [0.3, 0.4) is 0 Å². The molecular formula is C23H25F2N3O2P2. The van der Waals surface area contributed by atoms with Gasteiger partial charge in [-0.15, -0.1) is 18.5 Å². The largest absolute Gasteiger partial charge is 0.508 e. The van der Waals surface area contributed by atoms with E-state index in [-0.39, 0.29) is 28.9 Å². The van der Waals surface area contributed by atoms with Crippen molar-refractivity contribution in [1.82, 2.24) is 9.97 Å². The van der Waals surface area contributed by atoms with Gasteiger partial charge >= 0.3 is 0 Å². The molecule has 2 atom stereocenters. The number of anilines is 1. The molecule has 2 unspecified atom stereocenters. The third-order valence-electron chi connectivity index (χ3n) is 5.32. The molecule has 0 aliphatic rings. The number of halogens is 2. The highest BCUT2D eigenvalue weighted by molar-refractivity contribution is 7.36. The van der Waals surface area contributed by atoms with Crippen molar-refractivity contribution in [2.75, 3.05) is 11.9 Å². The molecule has 0 aliphatic heterocycles. The fraction of sp³-hybridized carbons (Fsp3) is 0.261. The Labute approximate surface area is 190 Å². The average Bonchev–Trinajstić information content (AvgIpc) is 2.79. The Morgan fingerprint density at radius 2 is 1.78 bits per heavy atom. The Hall–Kier alpha value is -2.49. The van der Waals surface area contributed by atoms with Crippen LogP contribution in [0.4, 0.5) is 14.6 Å². The van der Waals surface area contributed by atoms with Crippen molar-refractivity contribution in [3.63, 3.8) is 0 Å². The summed E-state index contributed by atoms with van der Waals surface area (Å²) < 4.78 is 28.2. The van der Waals surface area contributed by atoms with Gasteiger partial charge in [0.25, 0.3) is 0 Å². The molecule has 0 bridgehead atoms. The van der Waals surface area contributed by atoms with Crippen LogP contribution in [-0.2, 0) is 17.6 Å². The van der Waals surface area contributed by atoms with Gasteiger partial charge in [-0.2, -0.15) is 0 Å². The van der Waals surface area contributed by atoms with Crippen LogP contribution in [0.2, 0.25) is 0 Å². The predicted molar refractivity (Wildman–Crippen MR) is 130 cm³/mol. The highest BCUT2D eigenvalue weighted by atomic mass is 31.0. The van der Waals surface area contributed by atoms with Crippen LogP contribution in [0, 0.1) is 18.6 Å². The summed E-state index contributed by atoms with van der Waals surface area (Å²) in [6, 6.07) is 6.64. The zero-order valence-corrected chi connectivity index (χ0v) is 20.4. The molecule has 3 rings (SSSR count). The molecule has 5 nitrogen and oxygen atoms in total. The second kappa shape index (κ2) is 9.97. The molecule has 168 valence electrons. The van der Waals surface area contributed by atoms with Crippen molar-refractivity contribution < 1.29 is 18.7 Å². The second-order valence-electron chi connectivity index (χ2n) is 7.51. The van der Waals surface area contributed by atoms with Crippen molar-refractivity contribution >= 4 is 40.8 Å². The van der Waals surface area contributed by atoms with Gasteiger partial charge in [0.05, 0.1) is 24.0 Å². The monoisotopic (exact) mass is 475 g/mol. The number of hydrogen-bond acceptors (Lipinski definition) is 4. The van der Waals surface area contributed by atoms with Crippen molar-refractivity contribution in [2.24, 2.45) is 0 Å². The number of carbonyl (C=O) groups is 1. The summed E-state index contributed by atoms with van der Waals surface area (Å²) in [6.45, 7) is 3.47. The lowest BCUT2D eigenvalue weighted by Gasteiger charge is -2.21. The standard InChI is InChI=1S/C23H25F2N3O2P2/c1-4-5-16-23(26-11-17(27-16)13-6-8-14(29)9-7-13)28(3)18(30)10-15-12(2)19(24)20(25)22(32)21(15)31/h6-9,11,29H,4-5,10,31-32H2,1-3H3. The molecule has 1 heterocycles. The number of aromatic nitrogens is 2. The fourth-order valence-corrected chi connectivity index (χ4v) is 4.14. The first kappa shape index (κ1) is 24.2. The Kier molecular flexibility index (Phi) is 7.53. The number of benzene rings is 2. The normalized spacial score (nSPS) is 11.0. The minimum Gasteiger partial charge on any atom is -0.508 e. The van der Waals surface area contributed by atoms with Gasteiger partial charge in [-0.05, 0) is 54.0 Å². The molecule has 0 radical (unpaired) electrons. The molecule has 0 saturated heterocycles. The van der Waals surface area contributed by atoms with Crippen LogP contribution < -0.4 is 15.5 Å². The van der Waals surface area contributed by atoms with E-state index >= 15 is 0 Å². The summed E-state index contributed by atoms with van der Waals surface area (Å²) >= 11 is 0. The summed E-state index contributed by atoms with van der Waals surface area (Å²) in [6.07, 6.45) is 2.89. The van der Waals surface area contributed by atoms with Crippen LogP contribution in [0.15, 0.2) is 30.5 Å². The number of aryl methyl sites for hydroxylation is 1. The van der Waals surface area contributed by atoms with Gasteiger partial charge in [-0.25, -0.2) is 18.7 Å². The number of rotatable bonds is 6. The lowest BCUT2D eigenvalue weighted by molar-refractivity contribution is -0.117. The Balaban J connectivity index is 1.94. The van der Waals surface area contributed by atoms with E-state index in [9.17, 15) is 18.7 Å². The van der Waals surface area contributed by atoms with Crippen molar-refractivity contribution in [3.05, 3.63) is 58.9 Å². The highest BCUT2D eigenvalue weighted by Gasteiger charge is 2.23. The maximum Gasteiger partial charge on any atom is 0.232 e. The molecular weight excluding hydrogens is 450 g/mol. The number of hydrogen-bond donors (Lipinski definition) is 1. The maximum absolute atomic E-state index is 14.2. The van der Waals surface area contributed by atoms with Crippen LogP contribution in [0.1, 0.15) is 30.2 Å². The van der Waals surface area contributed by atoms with E-state index in [1.54, 1.807) is 37.5 Å². The molecule has 1 aromatic heterocycles. The average molecular weight is 475 g/mol. The third-order valence-corrected chi connectivity index (χ3v) is 6.88. The van der Waals surface area contributed by atoms with E-state index in [0.29, 0.717) is 34.5 Å². The van der Waals surface area contributed by atoms with Gasteiger partial charge in [-0.3, -0.25) is 9.69 Å². The number of carbonyl (C=O) groups excluding carboxylic acids is 1. The number of nitrogens with zero attached hydrogens (tertiary/aromatic N) is 3. The molecule has 2 aromatic carbocycles. The van der Waals surface area contributed by atoms with Gasteiger partial charge in [-0.1, -0.05) is 13.3 Å². The van der Waals surface area contributed by atoms with Crippen LogP contribution >= 0.6 is 18.5 Å². The molecule has 0 fully saturated rings. The zero-order valence-electron chi connectivity index (χ0n) is 18.1. The first-order valence-corrected chi connectivity index (χ1v) is 11.2. The molecule has 9 heteroatoms. The minimum absolute atomic E-state index is 0.0910. The van der Waals surface area contributed by atoms with Gasteiger partial charge < -0.3 is 5.11 Å². The number of phenolic OH excluding ortho intramolecular Hbond substituents is 1. The topological polar surface area (TPSA) is 66.3 Å². The summed E-state index contributed by atoms with van der Waals surface area (Å²) in [5.74, 6) is -1.60. The Bertz CT molecular complexity index is 1140. The Morgan fingerprint density at radius 3 is 2.41 bits per heavy atom. The lowest BCUT2D eigenvalue weighted by Crippen LogP contribution is -2.33. The second-order valence-corrected chi connectivity index (χ2v) is 8.67. The smallest absolute Gasteiger partial charge is 0.232 e. The summed E-state index contributed by atoms with van der Waals surface area (Å²) in [4.78, 5) is 23.7. The minimum atomic E-state index is -0.948. The van der Waals surface area contributed by atoms with Gasteiger partial charge in [0.1, 0.15) is 5.75 Å². The first-order chi connectivity index (χ1) is 15.1. The van der Waals surface area contributed by atoms with E-state index in [1.807, 2.05) is 6.92 Å². The van der Waals surface area contributed by atoms with Gasteiger partial charge in [0, 0.05) is 17.9 Å². The van der Waals surface area contributed by atoms with E-state index in [0.717, 1.165) is 12.0 Å². The van der Waals surface area contributed by atoms with E-state index in [1.165, 1.54) is 11.8 Å². The number of phenols is 1. The molecule has 32 heavy (non-hydrogen) atoms. The van der Waals surface area contributed by atoms with Gasteiger partial charge in [0.2, 0.25) is 5.91 Å². The van der Waals surface area contributed by atoms with Gasteiger partial charge in [0.15, 0.2) is 17.5 Å². The highest BCUT2D eigenvalue weighted by Crippen LogP contribution is 2.25. The van der Waals surface area contributed by atoms with Crippen LogP contribution in [-0.4, -0.2) is 28.0 Å². The quantitative estimate of drug-likeness (QED) is 0.554. The lowest BCUT2D eigenvalue weighted by atomic mass is 10.0. The van der Waals surface area contributed by atoms with E-state index in [2.05, 4.69) is 23.5 Å². The van der Waals surface area contributed by atoms with E-state index in [4.69, 9.17) is 4.98 Å². The number of amides is 1. The van der Waals surface area contributed by atoms with Crippen LogP contribution in [0.5, 0.6) is 5.75 Å². The molecule has 3 aromatic rings. The van der Waals surface area contributed by atoms with Crippen molar-refractivity contribution in [2.45, 2.75) is 33.1 Å². The van der Waals surface area contributed by atoms with Crippen LogP contribution in [0.25, 0.3) is 11.3 Å². The number of likely N-dealkylation sites (N-methyl/N-ethyl adjacent to an activating group) is 1. The maximum atomic E-state index is 14.2. The number of aromatic hydroxyl groups is 1. The van der Waals surface area contributed by atoms with Crippen molar-refractivity contribution in [3.8, 4) is 17.0 Å². The van der Waals surface area contributed by atoms with E-state index < -0.39 is 11.6 Å². The Morgan fingerprint density at radius 1 is 1.12 bits per heavy atom.